The molecule has 0 bridgehead atoms. The van der Waals surface area contributed by atoms with Gasteiger partial charge in [0.15, 0.2) is 5.69 Å². The fraction of sp³-hybridized carbons (Fsp3) is 0.238. The summed E-state index contributed by atoms with van der Waals surface area (Å²) in [6.07, 6.45) is -4.71. The second-order valence-electron chi connectivity index (χ2n) is 7.24. The fourth-order valence-electron chi connectivity index (χ4n) is 4.00. The van der Waals surface area contributed by atoms with Crippen LogP contribution in [-0.4, -0.2) is 40.8 Å². The van der Waals surface area contributed by atoms with E-state index in [-0.39, 0.29) is 11.2 Å². The van der Waals surface area contributed by atoms with Gasteiger partial charge in [-0.3, -0.25) is 4.79 Å². The Kier molecular flexibility index (Phi) is 4.28. The number of piperazine rings is 1. The first-order chi connectivity index (χ1) is 14.4. The van der Waals surface area contributed by atoms with Crippen molar-refractivity contribution in [2.24, 2.45) is 0 Å². The average molecular weight is 413 g/mol. The molecule has 1 aliphatic heterocycles. The standard InChI is InChI=1S/C21H18F3N5O/c22-21(23,24)19-18(15-7-3-5-13-4-1-2-6-14(13)15)20-26-16(12-17(30)29(20)27-19)28-10-8-25-9-11-28/h1-7,12,25-26H,8-11H2. The van der Waals surface area contributed by atoms with Gasteiger partial charge < -0.3 is 15.2 Å². The van der Waals surface area contributed by atoms with Crippen LogP contribution in [0.4, 0.5) is 19.0 Å². The Bertz CT molecular complexity index is 1300. The van der Waals surface area contributed by atoms with Crippen molar-refractivity contribution in [1.82, 2.24) is 19.9 Å². The lowest BCUT2D eigenvalue weighted by Gasteiger charge is -2.28. The smallest absolute Gasteiger partial charge is 0.355 e. The molecule has 9 heteroatoms. The molecule has 2 N–H and O–H groups in total. The van der Waals surface area contributed by atoms with Gasteiger partial charge in [-0.05, 0) is 16.3 Å². The van der Waals surface area contributed by atoms with Crippen LogP contribution in [0, 0.1) is 0 Å². The van der Waals surface area contributed by atoms with E-state index >= 15 is 0 Å². The molecule has 30 heavy (non-hydrogen) atoms. The van der Waals surface area contributed by atoms with Gasteiger partial charge in [0.05, 0.1) is 5.56 Å². The Hall–Kier alpha value is -3.33. The van der Waals surface area contributed by atoms with Crippen molar-refractivity contribution in [3.05, 3.63) is 64.6 Å². The summed E-state index contributed by atoms with van der Waals surface area (Å²) in [7, 11) is 0. The molecule has 0 unspecified atom stereocenters. The fourth-order valence-corrected chi connectivity index (χ4v) is 4.00. The Morgan fingerprint density at radius 2 is 1.73 bits per heavy atom. The summed E-state index contributed by atoms with van der Waals surface area (Å²) in [5.41, 5.74) is -1.38. The van der Waals surface area contributed by atoms with Crippen LogP contribution in [0.1, 0.15) is 5.69 Å². The summed E-state index contributed by atoms with van der Waals surface area (Å²) in [6, 6.07) is 13.7. The van der Waals surface area contributed by atoms with E-state index in [0.717, 1.165) is 23.0 Å². The number of nitrogens with one attached hydrogen (secondary N) is 2. The Morgan fingerprint density at radius 3 is 2.50 bits per heavy atom. The van der Waals surface area contributed by atoms with E-state index < -0.39 is 17.4 Å². The van der Waals surface area contributed by atoms with Crippen molar-refractivity contribution in [3.8, 4) is 11.1 Å². The first kappa shape index (κ1) is 18.7. The number of benzene rings is 2. The van der Waals surface area contributed by atoms with Crippen LogP contribution in [0.25, 0.3) is 27.5 Å². The highest BCUT2D eigenvalue weighted by molar-refractivity contribution is 6.00. The summed E-state index contributed by atoms with van der Waals surface area (Å²) in [4.78, 5) is 17.7. The monoisotopic (exact) mass is 413 g/mol. The number of anilines is 1. The molecule has 3 heterocycles. The second-order valence-corrected chi connectivity index (χ2v) is 7.24. The van der Waals surface area contributed by atoms with Crippen LogP contribution in [0.5, 0.6) is 0 Å². The summed E-state index contributed by atoms with van der Waals surface area (Å²) < 4.78 is 42.7. The summed E-state index contributed by atoms with van der Waals surface area (Å²) in [5, 5.41) is 8.36. The van der Waals surface area contributed by atoms with Crippen LogP contribution in [0.2, 0.25) is 0 Å². The van der Waals surface area contributed by atoms with E-state index in [2.05, 4.69) is 15.4 Å². The van der Waals surface area contributed by atoms with Crippen LogP contribution < -0.4 is 15.8 Å². The predicted molar refractivity (Wildman–Crippen MR) is 109 cm³/mol. The minimum atomic E-state index is -4.71. The third-order valence-electron chi connectivity index (χ3n) is 5.39. The topological polar surface area (TPSA) is 65.4 Å². The van der Waals surface area contributed by atoms with E-state index in [1.807, 2.05) is 23.1 Å². The molecule has 0 amide bonds. The number of hydrogen-bond donors (Lipinski definition) is 2. The van der Waals surface area contributed by atoms with E-state index in [1.165, 1.54) is 6.07 Å². The molecule has 2 aromatic heterocycles. The molecule has 0 aliphatic carbocycles. The Morgan fingerprint density at radius 1 is 1.00 bits per heavy atom. The van der Waals surface area contributed by atoms with Crippen LogP contribution in [-0.2, 0) is 6.18 Å². The van der Waals surface area contributed by atoms with Gasteiger partial charge in [0.2, 0.25) is 0 Å². The van der Waals surface area contributed by atoms with Gasteiger partial charge in [0, 0.05) is 32.2 Å². The number of aromatic amines is 1. The molecule has 4 aromatic rings. The third-order valence-corrected chi connectivity index (χ3v) is 5.39. The van der Waals surface area contributed by atoms with Crippen molar-refractivity contribution >= 4 is 22.2 Å². The molecule has 6 nitrogen and oxygen atoms in total. The first-order valence-electron chi connectivity index (χ1n) is 9.60. The van der Waals surface area contributed by atoms with Gasteiger partial charge in [-0.25, -0.2) is 0 Å². The zero-order chi connectivity index (χ0) is 20.9. The highest BCUT2D eigenvalue weighted by Gasteiger charge is 2.39. The molecule has 0 atom stereocenters. The van der Waals surface area contributed by atoms with Gasteiger partial charge in [0.1, 0.15) is 11.5 Å². The van der Waals surface area contributed by atoms with E-state index in [4.69, 9.17) is 0 Å². The maximum Gasteiger partial charge on any atom is 0.435 e. The second kappa shape index (κ2) is 6.88. The molecule has 154 valence electrons. The maximum atomic E-state index is 13.9. The van der Waals surface area contributed by atoms with Crippen molar-refractivity contribution in [3.63, 3.8) is 0 Å². The lowest BCUT2D eigenvalue weighted by Crippen LogP contribution is -2.44. The summed E-state index contributed by atoms with van der Waals surface area (Å²) >= 11 is 0. The molecule has 5 rings (SSSR count). The minimum Gasteiger partial charge on any atom is -0.355 e. The molecule has 0 radical (unpaired) electrons. The predicted octanol–water partition coefficient (Wildman–Crippen LogP) is 3.27. The Labute approximate surface area is 168 Å². The number of aromatic nitrogens is 3. The quantitative estimate of drug-likeness (QED) is 0.530. The SMILES string of the molecule is O=c1cc(N2CCNCC2)[nH]c2c(-c3cccc4ccccc34)c(C(F)(F)F)nn12. The number of rotatable bonds is 2. The molecule has 2 aromatic carbocycles. The summed E-state index contributed by atoms with van der Waals surface area (Å²) in [5.74, 6) is 0.490. The number of H-pyrrole nitrogens is 1. The van der Waals surface area contributed by atoms with Crippen molar-refractivity contribution in [2.75, 3.05) is 31.1 Å². The van der Waals surface area contributed by atoms with Gasteiger partial charge in [-0.1, -0.05) is 42.5 Å². The molecular weight excluding hydrogens is 395 g/mol. The van der Waals surface area contributed by atoms with Crippen molar-refractivity contribution in [2.45, 2.75) is 6.18 Å². The average Bonchev–Trinajstić information content (AvgIpc) is 3.14. The van der Waals surface area contributed by atoms with Crippen LogP contribution >= 0.6 is 0 Å². The molecular formula is C21H18F3N5O. The highest BCUT2D eigenvalue weighted by atomic mass is 19.4. The van der Waals surface area contributed by atoms with E-state index in [0.29, 0.717) is 29.9 Å². The number of hydrogen-bond acceptors (Lipinski definition) is 4. The zero-order valence-electron chi connectivity index (χ0n) is 15.8. The maximum absolute atomic E-state index is 13.9. The van der Waals surface area contributed by atoms with Crippen LogP contribution in [0.15, 0.2) is 53.3 Å². The number of nitrogens with zero attached hydrogens (tertiary/aromatic N) is 3. The summed E-state index contributed by atoms with van der Waals surface area (Å²) in [6.45, 7) is 2.76. The first-order valence-corrected chi connectivity index (χ1v) is 9.60. The van der Waals surface area contributed by atoms with Gasteiger partial charge >= 0.3 is 6.18 Å². The molecule has 1 saturated heterocycles. The molecule has 0 spiro atoms. The number of halogens is 3. The lowest BCUT2D eigenvalue weighted by atomic mass is 9.98. The van der Waals surface area contributed by atoms with Gasteiger partial charge in [-0.15, -0.1) is 0 Å². The normalized spacial score (nSPS) is 15.2. The Balaban J connectivity index is 1.84. The number of fused-ring (bicyclic) bond motifs is 2. The third kappa shape index (κ3) is 3.02. The molecule has 0 saturated carbocycles. The van der Waals surface area contributed by atoms with Gasteiger partial charge in [-0.2, -0.15) is 22.8 Å². The van der Waals surface area contributed by atoms with E-state index in [9.17, 15) is 18.0 Å². The van der Waals surface area contributed by atoms with E-state index in [1.54, 1.807) is 24.3 Å². The molecule has 1 aliphatic rings. The van der Waals surface area contributed by atoms with Crippen molar-refractivity contribution < 1.29 is 13.2 Å². The largest absolute Gasteiger partial charge is 0.435 e. The van der Waals surface area contributed by atoms with Crippen molar-refractivity contribution in [1.29, 1.82) is 0 Å². The van der Waals surface area contributed by atoms with Crippen LogP contribution in [0.3, 0.4) is 0 Å². The number of alkyl halides is 3. The highest BCUT2D eigenvalue weighted by Crippen LogP contribution is 2.40. The zero-order valence-corrected chi connectivity index (χ0v) is 15.8. The van der Waals surface area contributed by atoms with Gasteiger partial charge in [0.25, 0.3) is 5.56 Å². The lowest BCUT2D eigenvalue weighted by molar-refractivity contribution is -0.140. The molecule has 1 fully saturated rings. The minimum absolute atomic E-state index is 0.0414.